The SMILES string of the molecule is NC(N)=N/N=C/c1c(O)n(-c2ccc(Br)cc2)c(=O)[nH]c1=O. The Labute approximate surface area is 131 Å². The molecule has 0 aliphatic carbocycles. The maximum atomic E-state index is 11.9. The van der Waals surface area contributed by atoms with Crippen LogP contribution >= 0.6 is 15.9 Å². The lowest BCUT2D eigenvalue weighted by Crippen LogP contribution is -2.31. The second-order valence-corrected chi connectivity index (χ2v) is 4.99. The van der Waals surface area contributed by atoms with Crippen molar-refractivity contribution in [1.82, 2.24) is 9.55 Å². The number of nitrogens with one attached hydrogen (secondary N) is 1. The lowest BCUT2D eigenvalue weighted by Gasteiger charge is -2.09. The Kier molecular flexibility index (Phi) is 4.41. The molecule has 0 unspecified atom stereocenters. The van der Waals surface area contributed by atoms with Crippen LogP contribution in [0.3, 0.4) is 0 Å². The van der Waals surface area contributed by atoms with Crippen molar-refractivity contribution >= 4 is 28.1 Å². The number of aromatic nitrogens is 2. The predicted octanol–water partition coefficient (Wildman–Crippen LogP) is -0.399. The molecule has 0 amide bonds. The molecule has 1 heterocycles. The van der Waals surface area contributed by atoms with Gasteiger partial charge in [-0.3, -0.25) is 9.78 Å². The zero-order chi connectivity index (χ0) is 16.3. The Morgan fingerprint density at radius 3 is 2.50 bits per heavy atom. The maximum Gasteiger partial charge on any atom is 0.335 e. The first-order chi connectivity index (χ1) is 10.4. The topological polar surface area (TPSA) is 152 Å². The van der Waals surface area contributed by atoms with Crippen molar-refractivity contribution in [2.24, 2.45) is 21.7 Å². The first-order valence-corrected chi connectivity index (χ1v) is 6.65. The van der Waals surface area contributed by atoms with Crippen LogP contribution in [0.1, 0.15) is 5.56 Å². The average Bonchev–Trinajstić information content (AvgIpc) is 2.44. The molecule has 10 heteroatoms. The maximum absolute atomic E-state index is 11.9. The Morgan fingerprint density at radius 1 is 1.27 bits per heavy atom. The minimum absolute atomic E-state index is 0.257. The van der Waals surface area contributed by atoms with E-state index in [-0.39, 0.29) is 11.5 Å². The monoisotopic (exact) mass is 366 g/mol. The van der Waals surface area contributed by atoms with Gasteiger partial charge in [0.25, 0.3) is 5.56 Å². The molecule has 9 nitrogen and oxygen atoms in total. The minimum atomic E-state index is -0.814. The van der Waals surface area contributed by atoms with Gasteiger partial charge in [0.1, 0.15) is 5.56 Å². The molecule has 1 aromatic heterocycles. The first kappa shape index (κ1) is 15.5. The van der Waals surface area contributed by atoms with Crippen LogP contribution in [0, 0.1) is 0 Å². The van der Waals surface area contributed by atoms with E-state index in [9.17, 15) is 14.7 Å². The van der Waals surface area contributed by atoms with Gasteiger partial charge in [0.05, 0.1) is 11.9 Å². The summed E-state index contributed by atoms with van der Waals surface area (Å²) < 4.78 is 1.72. The summed E-state index contributed by atoms with van der Waals surface area (Å²) in [5, 5.41) is 16.9. The van der Waals surface area contributed by atoms with E-state index in [0.717, 1.165) is 15.3 Å². The predicted molar refractivity (Wildman–Crippen MR) is 85.4 cm³/mol. The zero-order valence-electron chi connectivity index (χ0n) is 11.0. The molecule has 0 aliphatic rings. The van der Waals surface area contributed by atoms with Crippen LogP contribution in [0.5, 0.6) is 5.88 Å². The Hall–Kier alpha value is -2.88. The third-order valence-corrected chi connectivity index (χ3v) is 3.09. The van der Waals surface area contributed by atoms with E-state index in [1.807, 2.05) is 0 Å². The molecular formula is C12H11BrN6O3. The third kappa shape index (κ3) is 3.23. The van der Waals surface area contributed by atoms with Gasteiger partial charge in [0, 0.05) is 4.47 Å². The molecule has 6 N–H and O–H groups in total. The molecule has 114 valence electrons. The number of guanidine groups is 1. The molecule has 22 heavy (non-hydrogen) atoms. The van der Waals surface area contributed by atoms with Gasteiger partial charge in [-0.25, -0.2) is 9.36 Å². The van der Waals surface area contributed by atoms with Crippen molar-refractivity contribution in [3.8, 4) is 11.6 Å². The smallest absolute Gasteiger partial charge is 0.335 e. The number of H-pyrrole nitrogens is 1. The molecule has 0 spiro atoms. The van der Waals surface area contributed by atoms with Gasteiger partial charge in [0.2, 0.25) is 11.8 Å². The Bertz CT molecular complexity index is 862. The molecule has 0 radical (unpaired) electrons. The number of nitrogens with two attached hydrogens (primary N) is 2. The van der Waals surface area contributed by atoms with Crippen LogP contribution in [0.25, 0.3) is 5.69 Å². The van der Waals surface area contributed by atoms with Crippen LogP contribution < -0.4 is 22.7 Å². The molecule has 2 rings (SSSR count). The zero-order valence-corrected chi connectivity index (χ0v) is 12.6. The van der Waals surface area contributed by atoms with E-state index in [2.05, 4.69) is 31.1 Å². The van der Waals surface area contributed by atoms with E-state index in [1.54, 1.807) is 24.3 Å². The molecule has 1 aromatic carbocycles. The van der Waals surface area contributed by atoms with Gasteiger partial charge in [0.15, 0.2) is 0 Å². The second kappa shape index (κ2) is 6.26. The van der Waals surface area contributed by atoms with Crippen LogP contribution in [0.4, 0.5) is 0 Å². The summed E-state index contributed by atoms with van der Waals surface area (Å²) in [6.07, 6.45) is 0.947. The Balaban J connectivity index is 2.64. The quantitative estimate of drug-likeness (QED) is 0.331. The molecule has 0 atom stereocenters. The van der Waals surface area contributed by atoms with Gasteiger partial charge in [-0.2, -0.15) is 5.10 Å². The number of benzene rings is 1. The van der Waals surface area contributed by atoms with Crippen molar-refractivity contribution in [2.45, 2.75) is 0 Å². The number of hydrogen-bond acceptors (Lipinski definition) is 5. The van der Waals surface area contributed by atoms with E-state index < -0.39 is 17.1 Å². The fourth-order valence-corrected chi connectivity index (χ4v) is 1.90. The minimum Gasteiger partial charge on any atom is -0.493 e. The standard InChI is InChI=1S/C12H11BrN6O3/c13-6-1-3-7(4-2-6)19-10(21)8(5-16-18-11(14)15)9(20)17-12(19)22/h1-5,21H,(H4,14,15,18)(H,17,20,22)/b16-5+. The lowest BCUT2D eigenvalue weighted by molar-refractivity contribution is 0.430. The number of aromatic amines is 1. The highest BCUT2D eigenvalue weighted by Crippen LogP contribution is 2.17. The molecular weight excluding hydrogens is 356 g/mol. The summed E-state index contributed by atoms with van der Waals surface area (Å²) in [6.45, 7) is 0. The fraction of sp³-hybridized carbons (Fsp3) is 0. The van der Waals surface area contributed by atoms with Crippen molar-refractivity contribution in [2.75, 3.05) is 0 Å². The number of hydrogen-bond donors (Lipinski definition) is 4. The Morgan fingerprint density at radius 2 is 1.91 bits per heavy atom. The number of rotatable bonds is 3. The summed E-state index contributed by atoms with van der Waals surface area (Å²) in [7, 11) is 0. The molecule has 2 aromatic rings. The number of aromatic hydroxyl groups is 1. The molecule has 0 bridgehead atoms. The summed E-state index contributed by atoms with van der Waals surface area (Å²) in [6, 6.07) is 6.53. The van der Waals surface area contributed by atoms with Gasteiger partial charge in [-0.05, 0) is 24.3 Å². The third-order valence-electron chi connectivity index (χ3n) is 2.57. The molecule has 0 aliphatic heterocycles. The van der Waals surface area contributed by atoms with Gasteiger partial charge >= 0.3 is 5.69 Å². The second-order valence-electron chi connectivity index (χ2n) is 4.08. The van der Waals surface area contributed by atoms with E-state index in [0.29, 0.717) is 5.69 Å². The molecule has 0 saturated heterocycles. The van der Waals surface area contributed by atoms with Gasteiger partial charge in [-0.15, -0.1) is 5.10 Å². The van der Waals surface area contributed by atoms with Crippen LogP contribution in [0.2, 0.25) is 0 Å². The van der Waals surface area contributed by atoms with E-state index in [4.69, 9.17) is 11.5 Å². The molecule has 0 fully saturated rings. The van der Waals surface area contributed by atoms with Crippen LogP contribution in [-0.2, 0) is 0 Å². The summed E-state index contributed by atoms with van der Waals surface area (Å²) >= 11 is 3.26. The molecule has 0 saturated carbocycles. The van der Waals surface area contributed by atoms with Gasteiger partial charge in [-0.1, -0.05) is 15.9 Å². The lowest BCUT2D eigenvalue weighted by atomic mass is 10.3. The van der Waals surface area contributed by atoms with E-state index in [1.165, 1.54) is 0 Å². The fourth-order valence-electron chi connectivity index (χ4n) is 1.64. The van der Waals surface area contributed by atoms with E-state index >= 15 is 0 Å². The van der Waals surface area contributed by atoms with Crippen molar-refractivity contribution in [3.05, 3.63) is 55.1 Å². The highest BCUT2D eigenvalue weighted by Gasteiger charge is 2.14. The van der Waals surface area contributed by atoms with Crippen molar-refractivity contribution < 1.29 is 5.11 Å². The van der Waals surface area contributed by atoms with Crippen LogP contribution in [0.15, 0.2) is 48.5 Å². The van der Waals surface area contributed by atoms with Crippen molar-refractivity contribution in [1.29, 1.82) is 0 Å². The van der Waals surface area contributed by atoms with Gasteiger partial charge < -0.3 is 16.6 Å². The van der Waals surface area contributed by atoms with Crippen LogP contribution in [-0.4, -0.2) is 26.8 Å². The highest BCUT2D eigenvalue weighted by atomic mass is 79.9. The number of halogens is 1. The highest BCUT2D eigenvalue weighted by molar-refractivity contribution is 9.10. The summed E-state index contributed by atoms with van der Waals surface area (Å²) in [4.78, 5) is 25.7. The largest absolute Gasteiger partial charge is 0.493 e. The summed E-state index contributed by atoms with van der Waals surface area (Å²) in [5.74, 6) is -0.890. The summed E-state index contributed by atoms with van der Waals surface area (Å²) in [5.41, 5.74) is 8.70. The number of nitrogens with zero attached hydrogens (tertiary/aromatic N) is 3. The normalized spacial score (nSPS) is 10.8. The average molecular weight is 367 g/mol. The first-order valence-electron chi connectivity index (χ1n) is 5.86. The van der Waals surface area contributed by atoms with Crippen molar-refractivity contribution in [3.63, 3.8) is 0 Å².